The molecule has 0 aliphatic heterocycles. The Labute approximate surface area is 216 Å². The average Bonchev–Trinajstić information content (AvgIpc) is 2.74. The van der Waals surface area contributed by atoms with E-state index in [1.807, 2.05) is 30.3 Å². The van der Waals surface area contributed by atoms with Gasteiger partial charge in [-0.2, -0.15) is 9.78 Å². The number of fused-ring (bicyclic) bond motifs is 1. The van der Waals surface area contributed by atoms with Crippen LogP contribution in [0.25, 0.3) is 10.9 Å². The zero-order chi connectivity index (χ0) is 22.8. The lowest BCUT2D eigenvalue weighted by Crippen LogP contribution is -2.20. The van der Waals surface area contributed by atoms with Gasteiger partial charge in [-0.1, -0.05) is 45.2 Å². The number of halogens is 4. The molecule has 0 aliphatic rings. The van der Waals surface area contributed by atoms with Crippen molar-refractivity contribution in [2.45, 2.75) is 13.5 Å². The highest BCUT2D eigenvalue weighted by molar-refractivity contribution is 14.1. The molecule has 0 bridgehead atoms. The molecule has 1 heterocycles. The van der Waals surface area contributed by atoms with Crippen molar-refractivity contribution in [2.75, 3.05) is 0 Å². The van der Waals surface area contributed by atoms with Crippen LogP contribution in [0.4, 0.5) is 0 Å². The molecule has 0 saturated carbocycles. The summed E-state index contributed by atoms with van der Waals surface area (Å²) in [7, 11) is 0. The summed E-state index contributed by atoms with van der Waals surface area (Å²) < 4.78 is 8.93. The van der Waals surface area contributed by atoms with Crippen molar-refractivity contribution in [3.8, 4) is 5.75 Å². The zero-order valence-electron chi connectivity index (χ0n) is 16.7. The minimum atomic E-state index is -0.223. The van der Waals surface area contributed by atoms with Crippen LogP contribution in [-0.4, -0.2) is 15.9 Å². The predicted molar refractivity (Wildman–Crippen MR) is 141 cm³/mol. The fraction of sp³-hybridized carbons (Fsp3) is 0.0870. The number of nitrogens with zero attached hydrogens (tertiary/aromatic N) is 3. The lowest BCUT2D eigenvalue weighted by Gasteiger charge is -2.10. The van der Waals surface area contributed by atoms with E-state index in [9.17, 15) is 4.79 Å². The minimum absolute atomic E-state index is 0.223. The molecule has 0 N–H and O–H groups in total. The topological polar surface area (TPSA) is 56.5 Å². The average molecular weight is 643 g/mol. The van der Waals surface area contributed by atoms with Crippen LogP contribution in [0.3, 0.4) is 0 Å². The molecule has 0 unspecified atom stereocenters. The summed E-state index contributed by atoms with van der Waals surface area (Å²) in [5.41, 5.74) is 2.09. The standard InChI is InChI=1S/C23H15BrCl2IN3O2/c1-13-29-21-6-4-16(24)9-18(21)23(31)30(13)28-11-14-2-7-22(20(27)8-14)32-12-15-3-5-17(25)10-19(15)26/h2-11H,12H2,1H3. The highest BCUT2D eigenvalue weighted by Gasteiger charge is 2.09. The normalized spacial score (nSPS) is 11.4. The van der Waals surface area contributed by atoms with E-state index in [4.69, 9.17) is 27.9 Å². The minimum Gasteiger partial charge on any atom is -0.488 e. The van der Waals surface area contributed by atoms with E-state index in [0.717, 1.165) is 24.9 Å². The molecule has 9 heteroatoms. The van der Waals surface area contributed by atoms with Crippen LogP contribution in [0.5, 0.6) is 5.75 Å². The molecule has 0 amide bonds. The molecule has 32 heavy (non-hydrogen) atoms. The van der Waals surface area contributed by atoms with E-state index in [-0.39, 0.29) is 5.56 Å². The van der Waals surface area contributed by atoms with Gasteiger partial charge in [0.25, 0.3) is 5.56 Å². The SMILES string of the molecule is Cc1nc2ccc(Br)cc2c(=O)n1N=Cc1ccc(OCc2ccc(Cl)cc2Cl)c(I)c1. The predicted octanol–water partition coefficient (Wildman–Crippen LogP) is 6.84. The molecule has 162 valence electrons. The fourth-order valence-electron chi connectivity index (χ4n) is 3.03. The first-order valence-electron chi connectivity index (χ1n) is 9.41. The van der Waals surface area contributed by atoms with Gasteiger partial charge >= 0.3 is 0 Å². The number of aryl methyl sites for hydroxylation is 1. The van der Waals surface area contributed by atoms with Gasteiger partial charge in [0, 0.05) is 20.1 Å². The third-order valence-corrected chi connectivity index (χ3v) is 6.57. The molecule has 4 aromatic rings. The van der Waals surface area contributed by atoms with Crippen molar-refractivity contribution < 1.29 is 4.74 Å². The molecule has 0 spiro atoms. The van der Waals surface area contributed by atoms with E-state index in [0.29, 0.717) is 33.4 Å². The van der Waals surface area contributed by atoms with Gasteiger partial charge in [-0.15, -0.1) is 0 Å². The molecular weight excluding hydrogens is 628 g/mol. The largest absolute Gasteiger partial charge is 0.488 e. The Morgan fingerprint density at radius 1 is 1.16 bits per heavy atom. The summed E-state index contributed by atoms with van der Waals surface area (Å²) in [6.07, 6.45) is 1.63. The molecular formula is C23H15BrCl2IN3O2. The van der Waals surface area contributed by atoms with Gasteiger partial charge in [-0.3, -0.25) is 4.79 Å². The van der Waals surface area contributed by atoms with E-state index in [1.54, 1.807) is 37.4 Å². The Kier molecular flexibility index (Phi) is 7.19. The summed E-state index contributed by atoms with van der Waals surface area (Å²) in [5, 5.41) is 6.01. The maximum Gasteiger partial charge on any atom is 0.282 e. The van der Waals surface area contributed by atoms with Gasteiger partial charge in [0.05, 0.1) is 20.7 Å². The molecule has 5 nitrogen and oxygen atoms in total. The van der Waals surface area contributed by atoms with Gasteiger partial charge in [-0.25, -0.2) is 4.98 Å². The first kappa shape index (κ1) is 23.2. The first-order chi connectivity index (χ1) is 15.3. The van der Waals surface area contributed by atoms with Crippen LogP contribution in [0.15, 0.2) is 69.0 Å². The van der Waals surface area contributed by atoms with Gasteiger partial charge < -0.3 is 4.74 Å². The van der Waals surface area contributed by atoms with Crippen molar-refractivity contribution in [3.63, 3.8) is 0 Å². The smallest absolute Gasteiger partial charge is 0.282 e. The van der Waals surface area contributed by atoms with Gasteiger partial charge in [0.1, 0.15) is 18.2 Å². The first-order valence-corrected chi connectivity index (χ1v) is 12.0. The second-order valence-corrected chi connectivity index (χ2v) is 9.82. The molecule has 0 atom stereocenters. The van der Waals surface area contributed by atoms with Crippen molar-refractivity contribution in [1.82, 2.24) is 9.66 Å². The van der Waals surface area contributed by atoms with Crippen LogP contribution in [0.2, 0.25) is 10.0 Å². The second kappa shape index (κ2) is 9.91. The summed E-state index contributed by atoms with van der Waals surface area (Å²) in [5.74, 6) is 1.23. The summed E-state index contributed by atoms with van der Waals surface area (Å²) in [6.45, 7) is 2.08. The van der Waals surface area contributed by atoms with Crippen molar-refractivity contribution in [1.29, 1.82) is 0 Å². The lowest BCUT2D eigenvalue weighted by molar-refractivity contribution is 0.304. The van der Waals surface area contributed by atoms with E-state index < -0.39 is 0 Å². The second-order valence-electron chi connectivity index (χ2n) is 6.90. The Bertz CT molecular complexity index is 1420. The van der Waals surface area contributed by atoms with Crippen LogP contribution in [-0.2, 0) is 6.61 Å². The molecule has 0 aliphatic carbocycles. The summed E-state index contributed by atoms with van der Waals surface area (Å²) in [6, 6.07) is 16.4. The molecule has 0 radical (unpaired) electrons. The van der Waals surface area contributed by atoms with Crippen molar-refractivity contribution in [2.24, 2.45) is 5.10 Å². The van der Waals surface area contributed by atoms with E-state index in [2.05, 4.69) is 48.6 Å². The van der Waals surface area contributed by atoms with Gasteiger partial charge in [0.15, 0.2) is 0 Å². The van der Waals surface area contributed by atoms with Gasteiger partial charge in [0.2, 0.25) is 0 Å². The van der Waals surface area contributed by atoms with E-state index in [1.165, 1.54) is 4.68 Å². The van der Waals surface area contributed by atoms with Crippen LogP contribution in [0, 0.1) is 10.5 Å². The number of rotatable bonds is 5. The number of hydrogen-bond donors (Lipinski definition) is 0. The number of benzene rings is 3. The van der Waals surface area contributed by atoms with Crippen LogP contribution < -0.4 is 10.3 Å². The Balaban J connectivity index is 1.55. The number of hydrogen-bond acceptors (Lipinski definition) is 4. The third-order valence-electron chi connectivity index (χ3n) is 4.65. The molecule has 4 rings (SSSR count). The van der Waals surface area contributed by atoms with Crippen molar-refractivity contribution in [3.05, 3.63) is 100.0 Å². The van der Waals surface area contributed by atoms with Gasteiger partial charge in [-0.05, 0) is 83.6 Å². The quantitative estimate of drug-likeness (QED) is 0.177. The monoisotopic (exact) mass is 641 g/mol. The Morgan fingerprint density at radius 2 is 1.97 bits per heavy atom. The van der Waals surface area contributed by atoms with Crippen LogP contribution >= 0.6 is 61.7 Å². The van der Waals surface area contributed by atoms with Crippen LogP contribution in [0.1, 0.15) is 17.0 Å². The Hall–Kier alpha value is -1.94. The molecule has 1 aromatic heterocycles. The zero-order valence-corrected chi connectivity index (χ0v) is 21.9. The maximum atomic E-state index is 12.9. The number of aromatic nitrogens is 2. The third kappa shape index (κ3) is 5.17. The molecule has 3 aromatic carbocycles. The highest BCUT2D eigenvalue weighted by Crippen LogP contribution is 2.26. The van der Waals surface area contributed by atoms with Crippen molar-refractivity contribution >= 4 is 78.8 Å². The maximum absolute atomic E-state index is 12.9. The summed E-state index contributed by atoms with van der Waals surface area (Å²) in [4.78, 5) is 17.3. The Morgan fingerprint density at radius 3 is 2.72 bits per heavy atom. The summed E-state index contributed by atoms with van der Waals surface area (Å²) >= 11 is 17.7. The van der Waals surface area contributed by atoms with E-state index >= 15 is 0 Å². The lowest BCUT2D eigenvalue weighted by atomic mass is 10.2. The number of ether oxygens (including phenoxy) is 1. The fourth-order valence-corrected chi connectivity index (χ4v) is 4.55. The molecule has 0 saturated heterocycles. The molecule has 0 fully saturated rings. The highest BCUT2D eigenvalue weighted by atomic mass is 127.